The van der Waals surface area contributed by atoms with Gasteiger partial charge in [0.15, 0.2) is 5.96 Å². The van der Waals surface area contributed by atoms with Crippen molar-refractivity contribution in [3.8, 4) is 0 Å². The number of rotatable bonds is 8. The molecule has 28 heavy (non-hydrogen) atoms. The molecule has 0 aliphatic rings. The summed E-state index contributed by atoms with van der Waals surface area (Å²) in [5.74, 6) is 0.975. The van der Waals surface area contributed by atoms with Crippen molar-refractivity contribution in [2.75, 3.05) is 19.6 Å². The van der Waals surface area contributed by atoms with Gasteiger partial charge in [-0.2, -0.15) is 0 Å². The second kappa shape index (κ2) is 13.2. The number of amides is 1. The summed E-state index contributed by atoms with van der Waals surface area (Å²) in [4.78, 5) is 21.2. The van der Waals surface area contributed by atoms with Crippen LogP contribution in [-0.2, 0) is 11.2 Å². The Bertz CT molecular complexity index is 614. The highest BCUT2D eigenvalue weighted by atomic mass is 127. The van der Waals surface area contributed by atoms with Gasteiger partial charge in [-0.15, -0.1) is 35.3 Å². The molecule has 162 valence electrons. The van der Waals surface area contributed by atoms with E-state index in [4.69, 9.17) is 4.74 Å². The van der Waals surface area contributed by atoms with E-state index in [0.29, 0.717) is 6.54 Å². The first-order valence-corrected chi connectivity index (χ1v) is 10.4. The number of carbonyl (C=O) groups is 1. The fourth-order valence-electron chi connectivity index (χ4n) is 2.25. The van der Waals surface area contributed by atoms with Crippen LogP contribution in [0.1, 0.15) is 52.2 Å². The molecule has 0 saturated carbocycles. The summed E-state index contributed by atoms with van der Waals surface area (Å²) in [5, 5.41) is 12.6. The number of hydrogen-bond donors (Lipinski definition) is 3. The number of aromatic nitrogens is 1. The third-order valence-corrected chi connectivity index (χ3v) is 4.46. The molecule has 0 aliphatic heterocycles. The van der Waals surface area contributed by atoms with Gasteiger partial charge in [-0.25, -0.2) is 9.78 Å². The second-order valence-electron chi connectivity index (χ2n) is 7.75. The van der Waals surface area contributed by atoms with Gasteiger partial charge in [0.25, 0.3) is 0 Å². The molecule has 1 aromatic rings. The molecule has 1 amide bonds. The summed E-state index contributed by atoms with van der Waals surface area (Å²) >= 11 is 1.66. The maximum atomic E-state index is 12.1. The zero-order chi connectivity index (χ0) is 20.4. The first kappa shape index (κ1) is 26.9. The average Bonchev–Trinajstić information content (AvgIpc) is 2.94. The lowest BCUT2D eigenvalue weighted by Gasteiger charge is -2.25. The monoisotopic (exact) mass is 525 g/mol. The normalized spacial score (nSPS) is 12.9. The number of aryl methyl sites for hydroxylation is 1. The topological polar surface area (TPSA) is 87.6 Å². The van der Waals surface area contributed by atoms with E-state index in [0.717, 1.165) is 36.2 Å². The van der Waals surface area contributed by atoms with Gasteiger partial charge in [0, 0.05) is 24.9 Å². The van der Waals surface area contributed by atoms with E-state index in [2.05, 4.69) is 45.2 Å². The minimum atomic E-state index is -0.514. The molecule has 7 nitrogen and oxygen atoms in total. The number of alkyl carbamates (subject to hydrolysis) is 1. The highest BCUT2D eigenvalue weighted by Crippen LogP contribution is 2.09. The Balaban J connectivity index is 0.00000729. The number of carbonyl (C=O) groups excluding carboxylic acids is 1. The van der Waals surface area contributed by atoms with Crippen molar-refractivity contribution in [1.29, 1.82) is 0 Å². The largest absolute Gasteiger partial charge is 0.444 e. The molecule has 0 aromatic carbocycles. The quantitative estimate of drug-likeness (QED) is 0.274. The molecule has 0 saturated heterocycles. The molecule has 1 heterocycles. The van der Waals surface area contributed by atoms with Crippen LogP contribution < -0.4 is 16.0 Å². The molecule has 0 spiro atoms. The molecule has 1 atom stereocenters. The zero-order valence-corrected chi connectivity index (χ0v) is 21.2. The SMILES string of the molecule is CCNC(=NCC(NC(=O)OC(C)(C)C)C(C)C)NCCc1csc(C)n1.I. The van der Waals surface area contributed by atoms with Gasteiger partial charge in [0.1, 0.15) is 5.60 Å². The van der Waals surface area contributed by atoms with E-state index in [1.165, 1.54) is 0 Å². The molecule has 0 radical (unpaired) electrons. The van der Waals surface area contributed by atoms with Crippen molar-refractivity contribution < 1.29 is 9.53 Å². The number of aliphatic imine (C=N–C) groups is 1. The van der Waals surface area contributed by atoms with Crippen molar-refractivity contribution in [1.82, 2.24) is 20.9 Å². The van der Waals surface area contributed by atoms with Crippen LogP contribution in [0.2, 0.25) is 0 Å². The standard InChI is InChI=1S/C19H35N5O2S.HI/c1-8-20-17(21-10-9-15-12-27-14(4)23-15)22-11-16(13(2)3)24-18(25)26-19(5,6)7;/h12-13,16H,8-11H2,1-7H3,(H,24,25)(H2,20,21,22);1H. The summed E-state index contributed by atoms with van der Waals surface area (Å²) in [5.41, 5.74) is 0.576. The van der Waals surface area contributed by atoms with Gasteiger partial charge < -0.3 is 20.7 Å². The third kappa shape index (κ3) is 11.7. The zero-order valence-electron chi connectivity index (χ0n) is 18.1. The number of halogens is 1. The molecule has 3 N–H and O–H groups in total. The Morgan fingerprint density at radius 3 is 2.50 bits per heavy atom. The predicted octanol–water partition coefficient (Wildman–Crippen LogP) is 3.72. The molecule has 1 rings (SSSR count). The van der Waals surface area contributed by atoms with E-state index in [-0.39, 0.29) is 35.9 Å². The second-order valence-corrected chi connectivity index (χ2v) is 8.81. The number of thiazole rings is 1. The molecule has 9 heteroatoms. The maximum absolute atomic E-state index is 12.1. The van der Waals surface area contributed by atoms with E-state index in [9.17, 15) is 4.79 Å². The molecule has 0 aliphatic carbocycles. The van der Waals surface area contributed by atoms with E-state index < -0.39 is 11.7 Å². The Hall–Kier alpha value is -1.10. The molecule has 1 unspecified atom stereocenters. The van der Waals surface area contributed by atoms with Crippen molar-refractivity contribution in [2.24, 2.45) is 10.9 Å². The van der Waals surface area contributed by atoms with Crippen LogP contribution in [0.3, 0.4) is 0 Å². The fourth-order valence-corrected chi connectivity index (χ4v) is 2.89. The fraction of sp³-hybridized carbons (Fsp3) is 0.737. The molecular weight excluding hydrogens is 489 g/mol. The van der Waals surface area contributed by atoms with Gasteiger partial charge in [-0.1, -0.05) is 13.8 Å². The number of hydrogen-bond acceptors (Lipinski definition) is 5. The van der Waals surface area contributed by atoms with Gasteiger partial charge in [-0.05, 0) is 40.5 Å². The van der Waals surface area contributed by atoms with Crippen LogP contribution in [0.15, 0.2) is 10.4 Å². The summed E-state index contributed by atoms with van der Waals surface area (Å²) in [6, 6.07) is -0.100. The van der Waals surface area contributed by atoms with Gasteiger partial charge >= 0.3 is 6.09 Å². The summed E-state index contributed by atoms with van der Waals surface area (Å²) in [6.07, 6.45) is 0.437. The van der Waals surface area contributed by atoms with Crippen LogP contribution in [0.5, 0.6) is 0 Å². The van der Waals surface area contributed by atoms with Gasteiger partial charge in [-0.3, -0.25) is 4.99 Å². The maximum Gasteiger partial charge on any atom is 0.407 e. The summed E-state index contributed by atoms with van der Waals surface area (Å²) in [7, 11) is 0. The number of nitrogens with zero attached hydrogens (tertiary/aromatic N) is 2. The molecule has 0 fully saturated rings. The Morgan fingerprint density at radius 1 is 1.32 bits per heavy atom. The van der Waals surface area contributed by atoms with E-state index in [1.54, 1.807) is 11.3 Å². The highest BCUT2D eigenvalue weighted by Gasteiger charge is 2.21. The van der Waals surface area contributed by atoms with Crippen LogP contribution in [-0.4, -0.2) is 48.3 Å². The smallest absolute Gasteiger partial charge is 0.407 e. The third-order valence-electron chi connectivity index (χ3n) is 3.64. The number of guanidine groups is 1. The highest BCUT2D eigenvalue weighted by molar-refractivity contribution is 14.0. The lowest BCUT2D eigenvalue weighted by atomic mass is 10.1. The molecule has 0 bridgehead atoms. The lowest BCUT2D eigenvalue weighted by Crippen LogP contribution is -2.45. The number of nitrogens with one attached hydrogen (secondary N) is 3. The van der Waals surface area contributed by atoms with Crippen molar-refractivity contribution in [2.45, 2.75) is 66.5 Å². The van der Waals surface area contributed by atoms with Gasteiger partial charge in [0.2, 0.25) is 0 Å². The lowest BCUT2D eigenvalue weighted by molar-refractivity contribution is 0.0493. The van der Waals surface area contributed by atoms with Crippen LogP contribution >= 0.6 is 35.3 Å². The number of ether oxygens (including phenoxy) is 1. The minimum absolute atomic E-state index is 0. The molecule has 1 aromatic heterocycles. The van der Waals surface area contributed by atoms with E-state index >= 15 is 0 Å². The van der Waals surface area contributed by atoms with Gasteiger partial charge in [0.05, 0.1) is 23.3 Å². The first-order valence-electron chi connectivity index (χ1n) is 9.53. The first-order chi connectivity index (χ1) is 12.6. The predicted molar refractivity (Wildman–Crippen MR) is 128 cm³/mol. The average molecular weight is 526 g/mol. The minimum Gasteiger partial charge on any atom is -0.444 e. The van der Waals surface area contributed by atoms with E-state index in [1.807, 2.05) is 34.6 Å². The van der Waals surface area contributed by atoms with Crippen LogP contribution in [0.25, 0.3) is 0 Å². The van der Waals surface area contributed by atoms with Crippen LogP contribution in [0, 0.1) is 12.8 Å². The van der Waals surface area contributed by atoms with Crippen molar-refractivity contribution >= 4 is 47.4 Å². The van der Waals surface area contributed by atoms with Crippen molar-refractivity contribution in [3.63, 3.8) is 0 Å². The van der Waals surface area contributed by atoms with Crippen molar-refractivity contribution in [3.05, 3.63) is 16.1 Å². The Kier molecular flexibility index (Phi) is 12.7. The Morgan fingerprint density at radius 2 is 2.00 bits per heavy atom. The van der Waals surface area contributed by atoms with Crippen LogP contribution in [0.4, 0.5) is 4.79 Å². The summed E-state index contributed by atoms with van der Waals surface area (Å²) < 4.78 is 5.35. The molecular formula is C19H36IN5O2S. The summed E-state index contributed by atoms with van der Waals surface area (Å²) in [6.45, 7) is 15.7. The Labute approximate surface area is 190 Å².